The molecular formula is C16H18ClN3O3S. The van der Waals surface area contributed by atoms with Crippen LogP contribution in [-0.4, -0.2) is 24.8 Å². The molecule has 0 atom stereocenters. The smallest absolute Gasteiger partial charge is 0.257 e. The molecule has 0 saturated carbocycles. The predicted molar refractivity (Wildman–Crippen MR) is 93.7 cm³/mol. The third-order valence-electron chi connectivity index (χ3n) is 2.83. The molecule has 2 N–H and O–H groups in total. The topological polar surface area (TPSA) is 88.2 Å². The number of pyridine rings is 1. The van der Waals surface area contributed by atoms with Crippen LogP contribution < -0.4 is 10.0 Å². The minimum absolute atomic E-state index is 0.0736. The summed E-state index contributed by atoms with van der Waals surface area (Å²) < 4.78 is 27.3. The molecule has 0 aliphatic heterocycles. The fourth-order valence-corrected chi connectivity index (χ4v) is 3.49. The van der Waals surface area contributed by atoms with Crippen molar-refractivity contribution in [1.29, 1.82) is 0 Å². The molecule has 0 unspecified atom stereocenters. The molecule has 2 aromatic rings. The standard InChI is InChI=1S/C16H18ClN3O3S/c1-16(2,3)20-24(22,23)13-6-4-5-12(9-13)19-15(21)11-7-8-14(17)18-10-11/h4-10,20H,1-3H3,(H,19,21). The summed E-state index contributed by atoms with van der Waals surface area (Å²) in [5.41, 5.74) is 0.0831. The van der Waals surface area contributed by atoms with Gasteiger partial charge in [0.1, 0.15) is 5.15 Å². The van der Waals surface area contributed by atoms with Crippen LogP contribution in [0.15, 0.2) is 47.5 Å². The highest BCUT2D eigenvalue weighted by atomic mass is 35.5. The number of carbonyl (C=O) groups is 1. The first-order valence-electron chi connectivity index (χ1n) is 7.14. The Morgan fingerprint density at radius 2 is 1.88 bits per heavy atom. The van der Waals surface area contributed by atoms with Crippen LogP contribution >= 0.6 is 11.6 Å². The van der Waals surface area contributed by atoms with Crippen LogP contribution in [0.3, 0.4) is 0 Å². The van der Waals surface area contributed by atoms with E-state index in [0.717, 1.165) is 0 Å². The zero-order chi connectivity index (χ0) is 18.0. The van der Waals surface area contributed by atoms with E-state index >= 15 is 0 Å². The highest BCUT2D eigenvalue weighted by Crippen LogP contribution is 2.18. The fourth-order valence-electron chi connectivity index (χ4n) is 1.92. The highest BCUT2D eigenvalue weighted by molar-refractivity contribution is 7.89. The number of carbonyl (C=O) groups excluding carboxylic acids is 1. The molecule has 0 radical (unpaired) electrons. The first-order chi connectivity index (χ1) is 11.1. The number of hydrogen-bond acceptors (Lipinski definition) is 4. The molecule has 0 bridgehead atoms. The Labute approximate surface area is 146 Å². The van der Waals surface area contributed by atoms with Crippen molar-refractivity contribution in [3.8, 4) is 0 Å². The van der Waals surface area contributed by atoms with E-state index in [0.29, 0.717) is 11.3 Å². The van der Waals surface area contributed by atoms with Crippen LogP contribution in [0.2, 0.25) is 5.15 Å². The van der Waals surface area contributed by atoms with Crippen molar-refractivity contribution < 1.29 is 13.2 Å². The lowest BCUT2D eigenvalue weighted by molar-refractivity contribution is 0.102. The van der Waals surface area contributed by atoms with E-state index in [9.17, 15) is 13.2 Å². The van der Waals surface area contributed by atoms with Crippen LogP contribution in [0.25, 0.3) is 0 Å². The molecule has 1 aromatic carbocycles. The number of amides is 1. The zero-order valence-corrected chi connectivity index (χ0v) is 15.1. The van der Waals surface area contributed by atoms with Gasteiger partial charge in [-0.25, -0.2) is 18.1 Å². The number of benzene rings is 1. The van der Waals surface area contributed by atoms with Gasteiger partial charge in [0.15, 0.2) is 0 Å². The first-order valence-corrected chi connectivity index (χ1v) is 9.00. The van der Waals surface area contributed by atoms with Crippen molar-refractivity contribution >= 4 is 33.2 Å². The van der Waals surface area contributed by atoms with E-state index in [1.807, 2.05) is 0 Å². The van der Waals surface area contributed by atoms with Crippen LogP contribution in [0, 0.1) is 0 Å². The maximum atomic E-state index is 12.3. The average Bonchev–Trinajstić information content (AvgIpc) is 2.45. The Morgan fingerprint density at radius 1 is 1.17 bits per heavy atom. The van der Waals surface area contributed by atoms with Crippen molar-refractivity contribution in [2.75, 3.05) is 5.32 Å². The Bertz CT molecular complexity index is 844. The first kappa shape index (κ1) is 18.4. The maximum Gasteiger partial charge on any atom is 0.257 e. The number of sulfonamides is 1. The molecule has 24 heavy (non-hydrogen) atoms. The minimum Gasteiger partial charge on any atom is -0.322 e. The van der Waals surface area contributed by atoms with E-state index in [1.54, 1.807) is 32.9 Å². The summed E-state index contributed by atoms with van der Waals surface area (Å²) in [4.78, 5) is 16.1. The Balaban J connectivity index is 2.21. The summed E-state index contributed by atoms with van der Waals surface area (Å²) in [5.74, 6) is -0.405. The molecule has 0 spiro atoms. The van der Waals surface area contributed by atoms with E-state index in [4.69, 9.17) is 11.6 Å². The third-order valence-corrected chi connectivity index (χ3v) is 4.81. The van der Waals surface area contributed by atoms with Crippen molar-refractivity contribution in [1.82, 2.24) is 9.71 Å². The number of aromatic nitrogens is 1. The monoisotopic (exact) mass is 367 g/mol. The summed E-state index contributed by atoms with van der Waals surface area (Å²) in [5, 5.41) is 2.92. The number of anilines is 1. The molecule has 0 aliphatic carbocycles. The van der Waals surface area contributed by atoms with Gasteiger partial charge >= 0.3 is 0 Å². The average molecular weight is 368 g/mol. The summed E-state index contributed by atoms with van der Waals surface area (Å²) in [7, 11) is -3.68. The number of hydrogen-bond donors (Lipinski definition) is 2. The second kappa shape index (κ2) is 6.88. The lowest BCUT2D eigenvalue weighted by Gasteiger charge is -2.20. The van der Waals surface area contributed by atoms with E-state index in [1.165, 1.54) is 30.5 Å². The van der Waals surface area contributed by atoms with Gasteiger partial charge in [-0.3, -0.25) is 4.79 Å². The second-order valence-electron chi connectivity index (χ2n) is 6.21. The number of rotatable bonds is 4. The quantitative estimate of drug-likeness (QED) is 0.813. The highest BCUT2D eigenvalue weighted by Gasteiger charge is 2.22. The molecule has 2 rings (SSSR count). The van der Waals surface area contributed by atoms with E-state index in [-0.39, 0.29) is 10.0 Å². The van der Waals surface area contributed by atoms with Crippen LogP contribution in [0.1, 0.15) is 31.1 Å². The molecule has 1 heterocycles. The second-order valence-corrected chi connectivity index (χ2v) is 8.28. The molecule has 6 nitrogen and oxygen atoms in total. The molecule has 0 fully saturated rings. The molecule has 0 saturated heterocycles. The van der Waals surface area contributed by atoms with Gasteiger partial charge in [0.25, 0.3) is 5.91 Å². The fraction of sp³-hybridized carbons (Fsp3) is 0.250. The minimum atomic E-state index is -3.68. The molecule has 0 aliphatic rings. The van der Waals surface area contributed by atoms with Crippen LogP contribution in [0.5, 0.6) is 0 Å². The summed E-state index contributed by atoms with van der Waals surface area (Å²) in [6.45, 7) is 5.26. The van der Waals surface area contributed by atoms with Crippen molar-refractivity contribution in [3.05, 3.63) is 53.3 Å². The molecule has 1 amide bonds. The van der Waals surface area contributed by atoms with Crippen molar-refractivity contribution in [3.63, 3.8) is 0 Å². The normalized spacial score (nSPS) is 12.0. The number of halogens is 1. The van der Waals surface area contributed by atoms with Gasteiger partial charge in [-0.2, -0.15) is 0 Å². The number of nitrogens with zero attached hydrogens (tertiary/aromatic N) is 1. The Kier molecular flexibility index (Phi) is 5.27. The molecular weight excluding hydrogens is 350 g/mol. The van der Waals surface area contributed by atoms with Gasteiger partial charge in [-0.15, -0.1) is 0 Å². The van der Waals surface area contributed by atoms with E-state index < -0.39 is 21.5 Å². The zero-order valence-electron chi connectivity index (χ0n) is 13.5. The lowest BCUT2D eigenvalue weighted by atomic mass is 10.1. The third kappa shape index (κ3) is 5.02. The Hall–Kier alpha value is -1.96. The largest absolute Gasteiger partial charge is 0.322 e. The van der Waals surface area contributed by atoms with E-state index in [2.05, 4.69) is 15.0 Å². The summed E-state index contributed by atoms with van der Waals surface area (Å²) in [6.07, 6.45) is 1.35. The SMILES string of the molecule is CC(C)(C)NS(=O)(=O)c1cccc(NC(=O)c2ccc(Cl)nc2)c1. The van der Waals surface area contributed by atoms with Gasteiger partial charge in [0.2, 0.25) is 10.0 Å². The predicted octanol–water partition coefficient (Wildman–Crippen LogP) is 3.06. The van der Waals surface area contributed by atoms with Crippen molar-refractivity contribution in [2.45, 2.75) is 31.2 Å². The summed E-state index contributed by atoms with van der Waals surface area (Å²) in [6, 6.07) is 9.07. The van der Waals surface area contributed by atoms with Crippen molar-refractivity contribution in [2.24, 2.45) is 0 Å². The molecule has 8 heteroatoms. The molecule has 128 valence electrons. The van der Waals surface area contributed by atoms with Gasteiger partial charge in [0, 0.05) is 17.4 Å². The van der Waals surface area contributed by atoms with Crippen LogP contribution in [0.4, 0.5) is 5.69 Å². The van der Waals surface area contributed by atoms with Gasteiger partial charge in [-0.05, 0) is 51.1 Å². The number of nitrogens with one attached hydrogen (secondary N) is 2. The van der Waals surface area contributed by atoms with Gasteiger partial charge in [0.05, 0.1) is 10.5 Å². The van der Waals surface area contributed by atoms with Gasteiger partial charge < -0.3 is 5.32 Å². The van der Waals surface area contributed by atoms with Crippen LogP contribution in [-0.2, 0) is 10.0 Å². The Morgan fingerprint density at radius 3 is 2.46 bits per heavy atom. The van der Waals surface area contributed by atoms with Gasteiger partial charge in [-0.1, -0.05) is 17.7 Å². The maximum absolute atomic E-state index is 12.3. The lowest BCUT2D eigenvalue weighted by Crippen LogP contribution is -2.40. The molecule has 1 aromatic heterocycles. The summed E-state index contributed by atoms with van der Waals surface area (Å²) >= 11 is 5.68.